The fourth-order valence-corrected chi connectivity index (χ4v) is 3.39. The van der Waals surface area contributed by atoms with Crippen LogP contribution in [0.2, 0.25) is 0 Å². The molecular formula is C13H19N3O2S. The van der Waals surface area contributed by atoms with Crippen molar-refractivity contribution in [2.75, 3.05) is 6.54 Å². The van der Waals surface area contributed by atoms with Crippen LogP contribution in [0.15, 0.2) is 23.4 Å². The molecule has 104 valence electrons. The highest BCUT2D eigenvalue weighted by Crippen LogP contribution is 2.25. The van der Waals surface area contributed by atoms with Crippen molar-refractivity contribution in [3.05, 3.63) is 29.7 Å². The minimum atomic E-state index is -3.55. The van der Waals surface area contributed by atoms with E-state index in [-0.39, 0.29) is 10.9 Å². The third-order valence-electron chi connectivity index (χ3n) is 2.97. The number of aromatic nitrogens is 2. The minimum Gasteiger partial charge on any atom is -0.302 e. The zero-order valence-electron chi connectivity index (χ0n) is 11.6. The van der Waals surface area contributed by atoms with Crippen LogP contribution in [0.3, 0.4) is 0 Å². The molecule has 0 aromatic carbocycles. The largest absolute Gasteiger partial charge is 0.302 e. The highest BCUT2D eigenvalue weighted by Gasteiger charge is 2.24. The first kappa shape index (κ1) is 14.0. The lowest BCUT2D eigenvalue weighted by atomic mass is 10.2. The smallest absolute Gasteiger partial charge is 0.260 e. The fourth-order valence-electron chi connectivity index (χ4n) is 2.14. The first-order valence-electron chi connectivity index (χ1n) is 6.35. The van der Waals surface area contributed by atoms with Crippen LogP contribution < -0.4 is 4.72 Å². The number of nitrogens with zero attached hydrogens (tertiary/aromatic N) is 2. The van der Waals surface area contributed by atoms with Crippen LogP contribution in [0, 0.1) is 6.92 Å². The zero-order chi connectivity index (χ0) is 14.2. The molecule has 0 saturated carbocycles. The molecule has 0 unspecified atom stereocenters. The Kier molecular flexibility index (Phi) is 3.64. The van der Waals surface area contributed by atoms with Gasteiger partial charge >= 0.3 is 0 Å². The SMILES string of the molecule is CCNS(=O)(=O)c1nc(C(C)C)n2cccc(C)c12. The van der Waals surface area contributed by atoms with E-state index in [1.54, 1.807) is 6.92 Å². The van der Waals surface area contributed by atoms with E-state index in [1.807, 2.05) is 43.5 Å². The summed E-state index contributed by atoms with van der Waals surface area (Å²) in [6, 6.07) is 3.80. The molecule has 0 fully saturated rings. The number of rotatable bonds is 4. The van der Waals surface area contributed by atoms with Crippen LogP contribution in [0.4, 0.5) is 0 Å². The van der Waals surface area contributed by atoms with Crippen molar-refractivity contribution in [2.24, 2.45) is 0 Å². The molecule has 0 spiro atoms. The molecule has 1 N–H and O–H groups in total. The van der Waals surface area contributed by atoms with Gasteiger partial charge in [0.1, 0.15) is 5.82 Å². The van der Waals surface area contributed by atoms with E-state index in [0.717, 1.165) is 11.4 Å². The predicted molar refractivity (Wildman–Crippen MR) is 74.9 cm³/mol. The van der Waals surface area contributed by atoms with Crippen molar-refractivity contribution in [3.8, 4) is 0 Å². The second-order valence-electron chi connectivity index (χ2n) is 4.84. The molecule has 6 heteroatoms. The third kappa shape index (κ3) is 2.37. The van der Waals surface area contributed by atoms with Gasteiger partial charge in [-0.1, -0.05) is 26.8 Å². The van der Waals surface area contributed by atoms with Crippen molar-refractivity contribution in [2.45, 2.75) is 38.6 Å². The molecule has 0 aliphatic rings. The lowest BCUT2D eigenvalue weighted by Gasteiger charge is -2.05. The van der Waals surface area contributed by atoms with Gasteiger partial charge in [-0.15, -0.1) is 0 Å². The molecule has 5 nitrogen and oxygen atoms in total. The number of nitrogens with one attached hydrogen (secondary N) is 1. The highest BCUT2D eigenvalue weighted by atomic mass is 32.2. The van der Waals surface area contributed by atoms with Crippen molar-refractivity contribution < 1.29 is 8.42 Å². The quantitative estimate of drug-likeness (QED) is 0.933. The molecule has 0 amide bonds. The Hall–Kier alpha value is -1.40. The number of hydrogen-bond acceptors (Lipinski definition) is 3. The number of sulfonamides is 1. The normalized spacial score (nSPS) is 12.5. The maximum Gasteiger partial charge on any atom is 0.260 e. The van der Waals surface area contributed by atoms with Gasteiger partial charge in [-0.2, -0.15) is 0 Å². The maximum atomic E-state index is 12.2. The molecule has 2 aromatic rings. The topological polar surface area (TPSA) is 63.5 Å². The molecule has 2 heterocycles. The van der Waals surface area contributed by atoms with Crippen molar-refractivity contribution in [1.82, 2.24) is 14.1 Å². The summed E-state index contributed by atoms with van der Waals surface area (Å²) in [6.07, 6.45) is 1.86. The standard InChI is InChI=1S/C13H19N3O2S/c1-5-14-19(17,18)13-11-10(4)7-6-8-16(11)12(15-13)9(2)3/h6-9,14H,5H2,1-4H3. The molecule has 0 atom stereocenters. The summed E-state index contributed by atoms with van der Waals surface area (Å²) < 4.78 is 28.9. The summed E-state index contributed by atoms with van der Waals surface area (Å²) in [4.78, 5) is 4.35. The highest BCUT2D eigenvalue weighted by molar-refractivity contribution is 7.89. The number of hydrogen-bond donors (Lipinski definition) is 1. The molecule has 2 rings (SSSR count). The van der Waals surface area contributed by atoms with Gasteiger partial charge in [0.25, 0.3) is 10.0 Å². The second-order valence-corrected chi connectivity index (χ2v) is 6.52. The van der Waals surface area contributed by atoms with Crippen LogP contribution in [-0.2, 0) is 10.0 Å². The summed E-state index contributed by atoms with van der Waals surface area (Å²) >= 11 is 0. The molecule has 0 aliphatic carbocycles. The van der Waals surface area contributed by atoms with Crippen LogP contribution in [0.5, 0.6) is 0 Å². The second kappa shape index (κ2) is 4.94. The Bertz CT molecular complexity index is 702. The van der Waals surface area contributed by atoms with Crippen LogP contribution in [0.25, 0.3) is 5.52 Å². The van der Waals surface area contributed by atoms with E-state index in [0.29, 0.717) is 12.1 Å². The molecular weight excluding hydrogens is 262 g/mol. The average Bonchev–Trinajstić information content (AvgIpc) is 2.70. The molecule has 0 bridgehead atoms. The summed E-state index contributed by atoms with van der Waals surface area (Å²) in [5, 5.41) is 0.121. The number of aryl methyl sites for hydroxylation is 1. The summed E-state index contributed by atoms with van der Waals surface area (Å²) in [5.41, 5.74) is 1.56. The first-order valence-corrected chi connectivity index (χ1v) is 7.84. The molecule has 19 heavy (non-hydrogen) atoms. The molecule has 0 saturated heterocycles. The molecule has 2 aromatic heterocycles. The van der Waals surface area contributed by atoms with E-state index in [9.17, 15) is 8.42 Å². The zero-order valence-corrected chi connectivity index (χ0v) is 12.5. The molecule has 0 aliphatic heterocycles. The summed E-state index contributed by atoms with van der Waals surface area (Å²) in [6.45, 7) is 8.00. The lowest BCUT2D eigenvalue weighted by Crippen LogP contribution is -2.23. The monoisotopic (exact) mass is 281 g/mol. The van der Waals surface area contributed by atoms with Gasteiger partial charge in [-0.05, 0) is 18.6 Å². The third-order valence-corrected chi connectivity index (χ3v) is 4.43. The number of pyridine rings is 1. The van der Waals surface area contributed by atoms with Crippen LogP contribution >= 0.6 is 0 Å². The van der Waals surface area contributed by atoms with Crippen molar-refractivity contribution in [1.29, 1.82) is 0 Å². The number of imidazole rings is 1. The van der Waals surface area contributed by atoms with Gasteiger partial charge in [0.15, 0.2) is 5.03 Å². The van der Waals surface area contributed by atoms with Gasteiger partial charge in [0.2, 0.25) is 0 Å². The van der Waals surface area contributed by atoms with Gasteiger partial charge in [-0.25, -0.2) is 18.1 Å². The van der Waals surface area contributed by atoms with Gasteiger partial charge in [0.05, 0.1) is 5.52 Å². The van der Waals surface area contributed by atoms with Gasteiger partial charge in [-0.3, -0.25) is 0 Å². The van der Waals surface area contributed by atoms with Crippen LogP contribution in [0.1, 0.15) is 38.1 Å². The summed E-state index contributed by atoms with van der Waals surface area (Å²) in [5.74, 6) is 0.912. The summed E-state index contributed by atoms with van der Waals surface area (Å²) in [7, 11) is -3.55. The van der Waals surface area contributed by atoms with Crippen molar-refractivity contribution >= 4 is 15.5 Å². The van der Waals surface area contributed by atoms with Crippen molar-refractivity contribution in [3.63, 3.8) is 0 Å². The van der Waals surface area contributed by atoms with Gasteiger partial charge < -0.3 is 4.40 Å². The van der Waals surface area contributed by atoms with E-state index >= 15 is 0 Å². The number of fused-ring (bicyclic) bond motifs is 1. The lowest BCUT2D eigenvalue weighted by molar-refractivity contribution is 0.581. The van der Waals surface area contributed by atoms with Crippen LogP contribution in [-0.4, -0.2) is 24.3 Å². The fraction of sp³-hybridized carbons (Fsp3) is 0.462. The Morgan fingerprint density at radius 3 is 2.68 bits per heavy atom. The Morgan fingerprint density at radius 1 is 1.42 bits per heavy atom. The average molecular weight is 281 g/mol. The predicted octanol–water partition coefficient (Wildman–Crippen LogP) is 2.06. The molecule has 0 radical (unpaired) electrons. The Balaban J connectivity index is 2.82. The van der Waals surface area contributed by atoms with E-state index in [4.69, 9.17) is 0 Å². The van der Waals surface area contributed by atoms with E-state index in [1.165, 1.54) is 0 Å². The maximum absolute atomic E-state index is 12.2. The van der Waals surface area contributed by atoms with E-state index in [2.05, 4.69) is 9.71 Å². The first-order chi connectivity index (χ1) is 8.88. The van der Waals surface area contributed by atoms with Gasteiger partial charge in [0, 0.05) is 18.7 Å². The Labute approximate surface area is 113 Å². The Morgan fingerprint density at radius 2 is 2.11 bits per heavy atom. The van der Waals surface area contributed by atoms with E-state index < -0.39 is 10.0 Å². The minimum absolute atomic E-state index is 0.121.